The van der Waals surface area contributed by atoms with E-state index >= 15 is 0 Å². The van der Waals surface area contributed by atoms with Crippen LogP contribution in [0.5, 0.6) is 0 Å². The minimum atomic E-state index is -0.259. The van der Waals surface area contributed by atoms with Crippen LogP contribution in [0.25, 0.3) is 0 Å². The van der Waals surface area contributed by atoms with E-state index in [-0.39, 0.29) is 11.8 Å². The van der Waals surface area contributed by atoms with E-state index in [0.29, 0.717) is 31.2 Å². The summed E-state index contributed by atoms with van der Waals surface area (Å²) in [6, 6.07) is 0.360. The monoisotopic (exact) mass is 268 g/mol. The van der Waals surface area contributed by atoms with Gasteiger partial charge in [-0.25, -0.2) is 4.98 Å². The number of nitrogens with zero attached hydrogens (tertiary/aromatic N) is 1. The minimum Gasteiger partial charge on any atom is -0.353 e. The van der Waals surface area contributed by atoms with Crippen LogP contribution in [-0.4, -0.2) is 29.4 Å². The van der Waals surface area contributed by atoms with Crippen molar-refractivity contribution in [3.8, 4) is 0 Å². The van der Waals surface area contributed by atoms with E-state index in [1.807, 2.05) is 0 Å². The molecule has 1 aromatic rings. The number of nitrogens with one attached hydrogen (secondary N) is 2. The zero-order valence-electron chi connectivity index (χ0n) is 9.94. The predicted octanol–water partition coefficient (Wildman–Crippen LogP) is 0.000300. The average Bonchev–Trinajstić information content (AvgIpc) is 3.03. The molecular weight excluding hydrogens is 252 g/mol. The number of amides is 2. The van der Waals surface area contributed by atoms with Gasteiger partial charge < -0.3 is 16.4 Å². The largest absolute Gasteiger partial charge is 0.353 e. The summed E-state index contributed by atoms with van der Waals surface area (Å²) < 4.78 is 0. The van der Waals surface area contributed by atoms with Crippen molar-refractivity contribution in [1.29, 1.82) is 0 Å². The summed E-state index contributed by atoms with van der Waals surface area (Å²) in [7, 11) is 0. The number of carbonyl (C=O) groups excluding carboxylic acids is 2. The molecule has 1 heterocycles. The molecule has 18 heavy (non-hydrogen) atoms. The minimum absolute atomic E-state index is 0.0151. The lowest BCUT2D eigenvalue weighted by Crippen LogP contribution is -2.31. The lowest BCUT2D eigenvalue weighted by atomic mass is 10.3. The molecule has 2 rings (SSSR count). The predicted molar refractivity (Wildman–Crippen MR) is 68.1 cm³/mol. The van der Waals surface area contributed by atoms with Gasteiger partial charge in [0, 0.05) is 30.9 Å². The van der Waals surface area contributed by atoms with Crippen molar-refractivity contribution in [3.63, 3.8) is 0 Å². The molecule has 1 aliphatic rings. The maximum absolute atomic E-state index is 11.7. The van der Waals surface area contributed by atoms with Gasteiger partial charge in [-0.2, -0.15) is 0 Å². The molecule has 7 heteroatoms. The summed E-state index contributed by atoms with van der Waals surface area (Å²) in [5.41, 5.74) is 5.78. The average molecular weight is 268 g/mol. The summed E-state index contributed by atoms with van der Waals surface area (Å²) in [4.78, 5) is 27.1. The van der Waals surface area contributed by atoms with E-state index in [4.69, 9.17) is 5.73 Å². The number of nitrogens with two attached hydrogens (primary N) is 1. The Hall–Kier alpha value is -1.47. The number of aromatic nitrogens is 1. The third kappa shape index (κ3) is 3.78. The van der Waals surface area contributed by atoms with Gasteiger partial charge in [0.2, 0.25) is 5.91 Å². The first-order chi connectivity index (χ1) is 8.69. The van der Waals surface area contributed by atoms with Crippen molar-refractivity contribution in [3.05, 3.63) is 16.1 Å². The van der Waals surface area contributed by atoms with E-state index in [2.05, 4.69) is 15.6 Å². The SMILES string of the molecule is NCc1nc(C(=O)NCCC(=O)NC2CC2)cs1. The molecule has 0 radical (unpaired) electrons. The van der Waals surface area contributed by atoms with Crippen molar-refractivity contribution in [2.24, 2.45) is 5.73 Å². The van der Waals surface area contributed by atoms with Crippen molar-refractivity contribution in [2.75, 3.05) is 6.54 Å². The zero-order valence-corrected chi connectivity index (χ0v) is 10.8. The Balaban J connectivity index is 1.68. The first kappa shape index (κ1) is 13.0. The van der Waals surface area contributed by atoms with Gasteiger partial charge in [-0.1, -0.05) is 0 Å². The molecule has 0 aliphatic heterocycles. The molecule has 6 nitrogen and oxygen atoms in total. The maximum atomic E-state index is 11.7. The molecule has 1 saturated carbocycles. The fourth-order valence-corrected chi connectivity index (χ4v) is 2.07. The van der Waals surface area contributed by atoms with Crippen LogP contribution in [0.4, 0.5) is 0 Å². The first-order valence-electron chi connectivity index (χ1n) is 5.91. The quantitative estimate of drug-likeness (QED) is 0.676. The lowest BCUT2D eigenvalue weighted by Gasteiger charge is -2.04. The molecule has 4 N–H and O–H groups in total. The van der Waals surface area contributed by atoms with Gasteiger partial charge in [0.05, 0.1) is 0 Å². The van der Waals surface area contributed by atoms with Crippen molar-refractivity contribution < 1.29 is 9.59 Å². The Morgan fingerprint density at radius 3 is 2.89 bits per heavy atom. The highest BCUT2D eigenvalue weighted by Crippen LogP contribution is 2.18. The van der Waals surface area contributed by atoms with Gasteiger partial charge in [-0.3, -0.25) is 9.59 Å². The summed E-state index contributed by atoms with van der Waals surface area (Å²) in [6.07, 6.45) is 2.44. The van der Waals surface area contributed by atoms with Gasteiger partial charge in [-0.05, 0) is 12.8 Å². The van der Waals surface area contributed by atoms with Crippen molar-refractivity contribution in [2.45, 2.75) is 31.8 Å². The number of carbonyl (C=O) groups is 2. The second-order valence-corrected chi connectivity index (χ2v) is 5.12. The first-order valence-corrected chi connectivity index (χ1v) is 6.79. The number of rotatable bonds is 6. The molecule has 0 spiro atoms. The second-order valence-electron chi connectivity index (χ2n) is 4.18. The Kier molecular flexibility index (Phi) is 4.27. The normalized spacial score (nSPS) is 14.3. The fourth-order valence-electron chi connectivity index (χ4n) is 1.42. The van der Waals surface area contributed by atoms with Gasteiger partial charge >= 0.3 is 0 Å². The fraction of sp³-hybridized carbons (Fsp3) is 0.545. The Morgan fingerprint density at radius 2 is 2.28 bits per heavy atom. The molecule has 1 aromatic heterocycles. The van der Waals surface area contributed by atoms with Crippen LogP contribution in [0.1, 0.15) is 34.8 Å². The van der Waals surface area contributed by atoms with Gasteiger partial charge in [0.25, 0.3) is 5.91 Å². The van der Waals surface area contributed by atoms with Crippen LogP contribution in [0.3, 0.4) is 0 Å². The van der Waals surface area contributed by atoms with Crippen molar-refractivity contribution >= 4 is 23.2 Å². The summed E-state index contributed by atoms with van der Waals surface area (Å²) >= 11 is 1.36. The van der Waals surface area contributed by atoms with Crippen LogP contribution in [-0.2, 0) is 11.3 Å². The smallest absolute Gasteiger partial charge is 0.270 e. The zero-order chi connectivity index (χ0) is 13.0. The Labute approximate surface area is 109 Å². The summed E-state index contributed by atoms with van der Waals surface area (Å²) in [5.74, 6) is -0.274. The number of hydrogen-bond donors (Lipinski definition) is 3. The highest BCUT2D eigenvalue weighted by molar-refractivity contribution is 7.09. The molecular formula is C11H16N4O2S. The third-order valence-corrected chi connectivity index (χ3v) is 3.41. The van der Waals surface area contributed by atoms with Crippen molar-refractivity contribution in [1.82, 2.24) is 15.6 Å². The highest BCUT2D eigenvalue weighted by atomic mass is 32.1. The van der Waals surface area contributed by atoms with E-state index in [1.54, 1.807) is 5.38 Å². The molecule has 1 fully saturated rings. The standard InChI is InChI=1S/C11H16N4O2S/c12-5-10-15-8(6-18-10)11(17)13-4-3-9(16)14-7-1-2-7/h6-7H,1-5,12H2,(H,13,17)(H,14,16). The van der Waals surface area contributed by atoms with Crippen LogP contribution in [0.15, 0.2) is 5.38 Å². The number of thiazole rings is 1. The maximum Gasteiger partial charge on any atom is 0.270 e. The summed E-state index contributed by atoms with van der Waals surface area (Å²) in [5, 5.41) is 7.92. The molecule has 0 unspecified atom stereocenters. The van der Waals surface area contributed by atoms with Crippen LogP contribution >= 0.6 is 11.3 Å². The molecule has 0 bridgehead atoms. The molecule has 98 valence electrons. The van der Waals surface area contributed by atoms with Crippen LogP contribution in [0, 0.1) is 0 Å². The molecule has 0 aromatic carbocycles. The van der Waals surface area contributed by atoms with E-state index < -0.39 is 0 Å². The third-order valence-electron chi connectivity index (χ3n) is 2.54. The van der Waals surface area contributed by atoms with Crippen LogP contribution < -0.4 is 16.4 Å². The van der Waals surface area contributed by atoms with Crippen LogP contribution in [0.2, 0.25) is 0 Å². The molecule has 2 amide bonds. The Bertz CT molecular complexity index is 442. The highest BCUT2D eigenvalue weighted by Gasteiger charge is 2.22. The second kappa shape index (κ2) is 5.92. The van der Waals surface area contributed by atoms with E-state index in [1.165, 1.54) is 11.3 Å². The molecule has 0 saturated heterocycles. The van der Waals surface area contributed by atoms with Gasteiger partial charge in [0.1, 0.15) is 10.7 Å². The van der Waals surface area contributed by atoms with E-state index in [0.717, 1.165) is 17.8 Å². The molecule has 1 aliphatic carbocycles. The van der Waals surface area contributed by atoms with Gasteiger partial charge in [0.15, 0.2) is 0 Å². The van der Waals surface area contributed by atoms with E-state index in [9.17, 15) is 9.59 Å². The molecule has 0 atom stereocenters. The lowest BCUT2D eigenvalue weighted by molar-refractivity contribution is -0.121. The summed E-state index contributed by atoms with van der Waals surface area (Å²) in [6.45, 7) is 0.661. The topological polar surface area (TPSA) is 97.1 Å². The number of hydrogen-bond acceptors (Lipinski definition) is 5. The van der Waals surface area contributed by atoms with Gasteiger partial charge in [-0.15, -0.1) is 11.3 Å². The Morgan fingerprint density at radius 1 is 1.50 bits per heavy atom.